The topological polar surface area (TPSA) is 79.6 Å². The molecule has 1 fully saturated rings. The molecule has 2 aromatic heterocycles. The maximum Gasteiger partial charge on any atom is 0.256 e. The van der Waals surface area contributed by atoms with E-state index in [1.807, 2.05) is 0 Å². The standard InChI is InChI=1S/C21H29N5O2/c1-14-6-4-5-8-25(14)9-7-22-20(28)16-13-24-26-17-10-21(2,3)11-18(27)15(17)12-23-19(16)26/h12-14H,4-11H2,1-3H3,(H,22,28). The molecule has 150 valence electrons. The Hall–Kier alpha value is -2.28. The highest BCUT2D eigenvalue weighted by Gasteiger charge is 2.33. The summed E-state index contributed by atoms with van der Waals surface area (Å²) >= 11 is 0. The number of carbonyl (C=O) groups excluding carboxylic acids is 2. The number of ketones is 1. The van der Waals surface area contributed by atoms with Gasteiger partial charge in [-0.1, -0.05) is 20.3 Å². The van der Waals surface area contributed by atoms with Crippen molar-refractivity contribution < 1.29 is 9.59 Å². The number of likely N-dealkylation sites (tertiary alicyclic amines) is 1. The van der Waals surface area contributed by atoms with Crippen LogP contribution in [0.15, 0.2) is 12.4 Å². The van der Waals surface area contributed by atoms with Crippen LogP contribution in [-0.4, -0.2) is 56.9 Å². The summed E-state index contributed by atoms with van der Waals surface area (Å²) in [4.78, 5) is 32.0. The number of nitrogens with zero attached hydrogens (tertiary/aromatic N) is 4. The van der Waals surface area contributed by atoms with Crippen molar-refractivity contribution in [1.82, 2.24) is 24.8 Å². The number of piperidine rings is 1. The lowest BCUT2D eigenvalue weighted by Gasteiger charge is -2.33. The Morgan fingerprint density at radius 3 is 2.89 bits per heavy atom. The van der Waals surface area contributed by atoms with Gasteiger partial charge in [-0.15, -0.1) is 0 Å². The van der Waals surface area contributed by atoms with Gasteiger partial charge in [0, 0.05) is 31.7 Å². The molecule has 4 rings (SSSR count). The summed E-state index contributed by atoms with van der Waals surface area (Å²) in [7, 11) is 0. The largest absolute Gasteiger partial charge is 0.351 e. The fourth-order valence-corrected chi connectivity index (χ4v) is 4.48. The summed E-state index contributed by atoms with van der Waals surface area (Å²) in [6, 6.07) is 0.580. The van der Waals surface area contributed by atoms with Gasteiger partial charge in [0.1, 0.15) is 5.56 Å². The molecule has 0 saturated carbocycles. The van der Waals surface area contributed by atoms with E-state index >= 15 is 0 Å². The minimum absolute atomic E-state index is 0.0952. The van der Waals surface area contributed by atoms with E-state index in [2.05, 4.69) is 41.1 Å². The second kappa shape index (κ2) is 7.28. The Balaban J connectivity index is 1.50. The second-order valence-electron chi connectivity index (χ2n) is 8.99. The van der Waals surface area contributed by atoms with Gasteiger partial charge in [0.25, 0.3) is 5.91 Å². The molecule has 1 amide bonds. The molecule has 0 radical (unpaired) electrons. The third-order valence-corrected chi connectivity index (χ3v) is 6.08. The average molecular weight is 383 g/mol. The highest BCUT2D eigenvalue weighted by atomic mass is 16.1. The van der Waals surface area contributed by atoms with E-state index in [0.717, 1.165) is 25.2 Å². The molecule has 1 atom stereocenters. The first kappa shape index (κ1) is 19.1. The van der Waals surface area contributed by atoms with E-state index < -0.39 is 0 Å². The van der Waals surface area contributed by atoms with Gasteiger partial charge in [0.05, 0.1) is 17.5 Å². The predicted octanol–water partition coefficient (Wildman–Crippen LogP) is 2.49. The Kier molecular flexibility index (Phi) is 4.95. The van der Waals surface area contributed by atoms with Crippen molar-refractivity contribution in [2.45, 2.75) is 58.9 Å². The van der Waals surface area contributed by atoms with E-state index in [-0.39, 0.29) is 17.1 Å². The molecular weight excluding hydrogens is 354 g/mol. The van der Waals surface area contributed by atoms with Crippen LogP contribution in [-0.2, 0) is 6.42 Å². The lowest BCUT2D eigenvalue weighted by molar-refractivity contribution is 0.0907. The fourth-order valence-electron chi connectivity index (χ4n) is 4.48. The van der Waals surface area contributed by atoms with Gasteiger partial charge >= 0.3 is 0 Å². The number of Topliss-reactive ketones (excluding diaryl/α,β-unsaturated/α-hetero) is 1. The van der Waals surface area contributed by atoms with Gasteiger partial charge in [0.15, 0.2) is 11.4 Å². The Labute approximate surface area is 165 Å². The molecule has 0 bridgehead atoms. The molecule has 1 N–H and O–H groups in total. The lowest BCUT2D eigenvalue weighted by atomic mass is 9.76. The molecule has 2 aliphatic rings. The number of nitrogens with one attached hydrogen (secondary N) is 1. The number of rotatable bonds is 4. The van der Waals surface area contributed by atoms with Crippen LogP contribution in [0.5, 0.6) is 0 Å². The molecule has 0 aromatic carbocycles. The van der Waals surface area contributed by atoms with Crippen LogP contribution in [0.25, 0.3) is 5.65 Å². The van der Waals surface area contributed by atoms with Crippen LogP contribution in [0.4, 0.5) is 0 Å². The number of hydrogen-bond donors (Lipinski definition) is 1. The van der Waals surface area contributed by atoms with Crippen molar-refractivity contribution in [3.8, 4) is 0 Å². The van der Waals surface area contributed by atoms with E-state index in [9.17, 15) is 9.59 Å². The minimum Gasteiger partial charge on any atom is -0.351 e. The van der Waals surface area contributed by atoms with E-state index in [1.54, 1.807) is 16.9 Å². The average Bonchev–Trinajstić information content (AvgIpc) is 3.07. The fraction of sp³-hybridized carbons (Fsp3) is 0.619. The maximum atomic E-state index is 12.7. The van der Waals surface area contributed by atoms with Crippen LogP contribution < -0.4 is 5.32 Å². The summed E-state index contributed by atoms with van der Waals surface area (Å²) in [5.41, 5.74) is 2.35. The molecule has 3 heterocycles. The molecule has 0 spiro atoms. The van der Waals surface area contributed by atoms with Gasteiger partial charge in [-0.25, -0.2) is 9.50 Å². The monoisotopic (exact) mass is 383 g/mol. The summed E-state index contributed by atoms with van der Waals surface area (Å²) in [5, 5.41) is 7.40. The van der Waals surface area contributed by atoms with E-state index in [4.69, 9.17) is 0 Å². The third-order valence-electron chi connectivity index (χ3n) is 6.08. The van der Waals surface area contributed by atoms with Crippen molar-refractivity contribution in [2.24, 2.45) is 5.41 Å². The summed E-state index contributed by atoms with van der Waals surface area (Å²) in [5.74, 6) is -0.0636. The van der Waals surface area contributed by atoms with Gasteiger partial charge in [0.2, 0.25) is 0 Å². The number of fused-ring (bicyclic) bond motifs is 3. The predicted molar refractivity (Wildman–Crippen MR) is 107 cm³/mol. The van der Waals surface area contributed by atoms with Crippen molar-refractivity contribution >= 4 is 17.3 Å². The normalized spacial score (nSPS) is 22.2. The van der Waals surface area contributed by atoms with Crippen molar-refractivity contribution in [1.29, 1.82) is 0 Å². The van der Waals surface area contributed by atoms with Crippen molar-refractivity contribution in [3.63, 3.8) is 0 Å². The second-order valence-corrected chi connectivity index (χ2v) is 8.99. The number of carbonyl (C=O) groups is 2. The van der Waals surface area contributed by atoms with Crippen LogP contribution in [0, 0.1) is 5.41 Å². The zero-order chi connectivity index (χ0) is 19.9. The molecule has 1 aliphatic carbocycles. The van der Waals surface area contributed by atoms with Gasteiger partial charge in [-0.2, -0.15) is 5.10 Å². The first-order valence-electron chi connectivity index (χ1n) is 10.3. The quantitative estimate of drug-likeness (QED) is 0.877. The van der Waals surface area contributed by atoms with Gasteiger partial charge in [-0.05, 0) is 38.1 Å². The number of amides is 1. The molecule has 28 heavy (non-hydrogen) atoms. The molecule has 1 aliphatic heterocycles. The highest BCUT2D eigenvalue weighted by Crippen LogP contribution is 2.34. The minimum atomic E-state index is -0.159. The summed E-state index contributed by atoms with van der Waals surface area (Å²) in [6.07, 6.45) is 8.17. The molecule has 1 saturated heterocycles. The van der Waals surface area contributed by atoms with E-state index in [0.29, 0.717) is 35.8 Å². The molecule has 1 unspecified atom stereocenters. The first-order chi connectivity index (χ1) is 13.4. The Bertz CT molecular complexity index is 917. The zero-order valence-electron chi connectivity index (χ0n) is 17.0. The number of aromatic nitrogens is 3. The first-order valence-corrected chi connectivity index (χ1v) is 10.3. The lowest BCUT2D eigenvalue weighted by Crippen LogP contribution is -2.42. The zero-order valence-corrected chi connectivity index (χ0v) is 17.0. The van der Waals surface area contributed by atoms with Crippen LogP contribution in [0.3, 0.4) is 0 Å². The highest BCUT2D eigenvalue weighted by molar-refractivity contribution is 6.01. The number of hydrogen-bond acceptors (Lipinski definition) is 5. The van der Waals surface area contributed by atoms with Crippen LogP contribution >= 0.6 is 0 Å². The summed E-state index contributed by atoms with van der Waals surface area (Å²) in [6.45, 7) is 8.99. The molecule has 7 heteroatoms. The van der Waals surface area contributed by atoms with Crippen LogP contribution in [0.1, 0.15) is 72.9 Å². The van der Waals surface area contributed by atoms with Gasteiger partial charge in [-0.3, -0.25) is 14.5 Å². The molecule has 2 aromatic rings. The maximum absolute atomic E-state index is 12.7. The van der Waals surface area contributed by atoms with Crippen molar-refractivity contribution in [2.75, 3.05) is 19.6 Å². The van der Waals surface area contributed by atoms with Gasteiger partial charge < -0.3 is 5.32 Å². The molecular formula is C21H29N5O2. The van der Waals surface area contributed by atoms with Crippen molar-refractivity contribution in [3.05, 3.63) is 29.2 Å². The third kappa shape index (κ3) is 3.55. The Morgan fingerprint density at radius 1 is 1.29 bits per heavy atom. The molecule has 7 nitrogen and oxygen atoms in total. The smallest absolute Gasteiger partial charge is 0.256 e. The SMILES string of the molecule is CC1CCCCN1CCNC(=O)c1cnn2c3c(cnc12)C(=O)CC(C)(C)C3. The Morgan fingerprint density at radius 2 is 2.11 bits per heavy atom. The van der Waals surface area contributed by atoms with E-state index in [1.165, 1.54) is 19.3 Å². The summed E-state index contributed by atoms with van der Waals surface area (Å²) < 4.78 is 1.68. The van der Waals surface area contributed by atoms with Crippen LogP contribution in [0.2, 0.25) is 0 Å².